The predicted molar refractivity (Wildman–Crippen MR) is 115 cm³/mol. The van der Waals surface area contributed by atoms with Gasteiger partial charge in [0.15, 0.2) is 5.78 Å². The van der Waals surface area contributed by atoms with Crippen LogP contribution in [-0.4, -0.2) is 22.9 Å². The van der Waals surface area contributed by atoms with E-state index in [1.54, 1.807) is 7.11 Å². The molecule has 0 radical (unpaired) electrons. The fourth-order valence-corrected chi connectivity index (χ4v) is 3.46. The molecule has 2 N–H and O–H groups in total. The lowest BCUT2D eigenvalue weighted by atomic mass is 9.95. The molecule has 2 aromatic carbocycles. The lowest BCUT2D eigenvalue weighted by molar-refractivity contribution is 0.0972. The number of hydrogen-bond acceptors (Lipinski definition) is 6. The Hall–Kier alpha value is -3.41. The Balaban J connectivity index is 1.69. The second-order valence-corrected chi connectivity index (χ2v) is 7.03. The number of nitrogens with one attached hydrogen (secondary N) is 2. The van der Waals surface area contributed by atoms with Crippen molar-refractivity contribution < 1.29 is 9.53 Å². The van der Waals surface area contributed by atoms with Gasteiger partial charge < -0.3 is 15.4 Å². The van der Waals surface area contributed by atoms with E-state index in [4.69, 9.17) is 4.74 Å². The molecule has 4 rings (SSSR count). The largest absolute Gasteiger partial charge is 0.497 e. The first-order chi connectivity index (χ1) is 14.2. The third-order valence-electron chi connectivity index (χ3n) is 5.03. The molecular weight excluding hydrogens is 364 g/mol. The number of hydrogen-bond donors (Lipinski definition) is 2. The number of rotatable bonds is 6. The number of carbonyl (C=O) groups excluding carboxylic acids is 1. The first kappa shape index (κ1) is 18.9. The van der Waals surface area contributed by atoms with E-state index in [0.717, 1.165) is 42.1 Å². The summed E-state index contributed by atoms with van der Waals surface area (Å²) in [6, 6.07) is 15.8. The number of methoxy groups -OCH3 is 1. The fourth-order valence-electron chi connectivity index (χ4n) is 3.46. The summed E-state index contributed by atoms with van der Waals surface area (Å²) < 4.78 is 5.28. The number of benzene rings is 2. The molecule has 0 spiro atoms. The summed E-state index contributed by atoms with van der Waals surface area (Å²) in [7, 11) is 1.63. The number of anilines is 4. The van der Waals surface area contributed by atoms with Gasteiger partial charge in [0.1, 0.15) is 11.6 Å². The maximum atomic E-state index is 12.6. The van der Waals surface area contributed by atoms with E-state index in [1.165, 1.54) is 5.56 Å². The second kappa shape index (κ2) is 8.31. The van der Waals surface area contributed by atoms with Gasteiger partial charge in [-0.2, -0.15) is 4.98 Å². The van der Waals surface area contributed by atoms with E-state index in [2.05, 4.69) is 39.7 Å². The Labute approximate surface area is 170 Å². The molecule has 1 aromatic heterocycles. The Morgan fingerprint density at radius 3 is 2.59 bits per heavy atom. The van der Waals surface area contributed by atoms with Crippen LogP contribution in [0.15, 0.2) is 48.5 Å². The summed E-state index contributed by atoms with van der Waals surface area (Å²) >= 11 is 0. The van der Waals surface area contributed by atoms with E-state index >= 15 is 0 Å². The molecule has 3 aromatic rings. The highest BCUT2D eigenvalue weighted by molar-refractivity contribution is 6.03. The van der Waals surface area contributed by atoms with Gasteiger partial charge in [-0.1, -0.05) is 25.1 Å². The van der Waals surface area contributed by atoms with Gasteiger partial charge in [-0.15, -0.1) is 0 Å². The highest BCUT2D eigenvalue weighted by Gasteiger charge is 2.24. The molecule has 1 aliphatic rings. The third kappa shape index (κ3) is 4.21. The molecule has 29 heavy (non-hydrogen) atoms. The van der Waals surface area contributed by atoms with Crippen LogP contribution in [0.3, 0.4) is 0 Å². The molecule has 0 saturated carbocycles. The summed E-state index contributed by atoms with van der Waals surface area (Å²) in [6.07, 6.45) is 3.09. The van der Waals surface area contributed by atoms with Crippen LogP contribution in [0.4, 0.5) is 23.1 Å². The molecule has 0 bridgehead atoms. The molecule has 148 valence electrons. The third-order valence-corrected chi connectivity index (χ3v) is 5.03. The Morgan fingerprint density at radius 2 is 1.83 bits per heavy atom. The van der Waals surface area contributed by atoms with Crippen molar-refractivity contribution in [2.24, 2.45) is 0 Å². The van der Waals surface area contributed by atoms with Crippen molar-refractivity contribution in [2.75, 3.05) is 17.7 Å². The minimum atomic E-state index is 0.0897. The zero-order valence-corrected chi connectivity index (χ0v) is 16.7. The van der Waals surface area contributed by atoms with Crippen LogP contribution >= 0.6 is 0 Å². The maximum absolute atomic E-state index is 12.6. The molecular formula is C23H24N4O2. The zero-order valence-electron chi connectivity index (χ0n) is 16.7. The summed E-state index contributed by atoms with van der Waals surface area (Å²) in [5.41, 5.74) is 4.37. The van der Waals surface area contributed by atoms with Crippen LogP contribution in [0.1, 0.15) is 41.4 Å². The highest BCUT2D eigenvalue weighted by Crippen LogP contribution is 2.30. The highest BCUT2D eigenvalue weighted by atomic mass is 16.5. The number of fused-ring (bicyclic) bond motifs is 1. The lowest BCUT2D eigenvalue weighted by Crippen LogP contribution is -2.17. The smallest absolute Gasteiger partial charge is 0.229 e. The Kier molecular flexibility index (Phi) is 5.42. The van der Waals surface area contributed by atoms with Crippen molar-refractivity contribution >= 4 is 28.9 Å². The van der Waals surface area contributed by atoms with Gasteiger partial charge in [0.2, 0.25) is 5.95 Å². The van der Waals surface area contributed by atoms with Crippen molar-refractivity contribution in [3.05, 3.63) is 65.4 Å². The van der Waals surface area contributed by atoms with Gasteiger partial charge in [0, 0.05) is 23.9 Å². The number of ether oxygens (including phenoxy) is 1. The van der Waals surface area contributed by atoms with E-state index in [0.29, 0.717) is 23.8 Å². The van der Waals surface area contributed by atoms with Crippen LogP contribution in [0, 0.1) is 0 Å². The zero-order chi connectivity index (χ0) is 20.2. The first-order valence-corrected chi connectivity index (χ1v) is 9.87. The van der Waals surface area contributed by atoms with E-state index in [1.807, 2.05) is 36.4 Å². The molecule has 1 aliphatic carbocycles. The topological polar surface area (TPSA) is 76.1 Å². The van der Waals surface area contributed by atoms with Gasteiger partial charge in [-0.25, -0.2) is 4.98 Å². The van der Waals surface area contributed by atoms with Crippen molar-refractivity contribution in [3.8, 4) is 5.75 Å². The molecule has 0 saturated heterocycles. The summed E-state index contributed by atoms with van der Waals surface area (Å²) in [6.45, 7) is 2.12. The molecule has 1 heterocycles. The van der Waals surface area contributed by atoms with Crippen LogP contribution < -0.4 is 15.4 Å². The molecule has 0 unspecified atom stereocenters. The number of Topliss-reactive ketones (excluding diaryl/α,β-unsaturated/α-hetero) is 1. The molecule has 0 atom stereocenters. The Morgan fingerprint density at radius 1 is 1.00 bits per heavy atom. The quantitative estimate of drug-likeness (QED) is 0.615. The van der Waals surface area contributed by atoms with Gasteiger partial charge in [-0.05, 0) is 49.1 Å². The van der Waals surface area contributed by atoms with Crippen molar-refractivity contribution in [2.45, 2.75) is 32.6 Å². The number of ketones is 1. The standard InChI is InChI=1S/C23H24N4O2/c1-3-15-10-12-16(13-11-15)24-22-21-19(8-5-9-20(21)28)26-23(27-22)25-17-6-4-7-18(14-17)29-2/h4,6-7,10-14H,3,5,8-9H2,1-2H3,(H2,24,25,26,27). The van der Waals surface area contributed by atoms with Crippen LogP contribution in [0.5, 0.6) is 5.75 Å². The molecule has 0 fully saturated rings. The van der Waals surface area contributed by atoms with E-state index < -0.39 is 0 Å². The van der Waals surface area contributed by atoms with E-state index in [-0.39, 0.29) is 5.78 Å². The van der Waals surface area contributed by atoms with Crippen LogP contribution in [-0.2, 0) is 12.8 Å². The van der Waals surface area contributed by atoms with Gasteiger partial charge >= 0.3 is 0 Å². The summed E-state index contributed by atoms with van der Waals surface area (Å²) in [5.74, 6) is 1.85. The fraction of sp³-hybridized carbons (Fsp3) is 0.261. The normalized spacial score (nSPS) is 13.0. The van der Waals surface area contributed by atoms with Gasteiger partial charge in [0.25, 0.3) is 0 Å². The average Bonchev–Trinajstić information content (AvgIpc) is 2.74. The number of carbonyl (C=O) groups is 1. The van der Waals surface area contributed by atoms with E-state index in [9.17, 15) is 4.79 Å². The molecule has 0 aliphatic heterocycles. The number of aromatic nitrogens is 2. The number of aryl methyl sites for hydroxylation is 2. The van der Waals surface area contributed by atoms with Gasteiger partial charge in [-0.3, -0.25) is 4.79 Å². The van der Waals surface area contributed by atoms with Crippen LogP contribution in [0.25, 0.3) is 0 Å². The molecule has 0 amide bonds. The van der Waals surface area contributed by atoms with Crippen molar-refractivity contribution in [3.63, 3.8) is 0 Å². The lowest BCUT2D eigenvalue weighted by Gasteiger charge is -2.19. The summed E-state index contributed by atoms with van der Waals surface area (Å²) in [4.78, 5) is 21.8. The monoisotopic (exact) mass is 388 g/mol. The molecule has 6 nitrogen and oxygen atoms in total. The number of nitrogens with zero attached hydrogens (tertiary/aromatic N) is 2. The second-order valence-electron chi connectivity index (χ2n) is 7.03. The minimum absolute atomic E-state index is 0.0897. The van der Waals surface area contributed by atoms with Crippen LogP contribution in [0.2, 0.25) is 0 Å². The predicted octanol–water partition coefficient (Wildman–Crippen LogP) is 5.05. The average molecular weight is 388 g/mol. The van der Waals surface area contributed by atoms with Crippen molar-refractivity contribution in [1.29, 1.82) is 0 Å². The minimum Gasteiger partial charge on any atom is -0.497 e. The summed E-state index contributed by atoms with van der Waals surface area (Å²) in [5, 5.41) is 6.56. The SMILES string of the molecule is CCc1ccc(Nc2nc(Nc3cccc(OC)c3)nc3c2C(=O)CCC3)cc1. The van der Waals surface area contributed by atoms with Gasteiger partial charge in [0.05, 0.1) is 18.4 Å². The maximum Gasteiger partial charge on any atom is 0.229 e. The first-order valence-electron chi connectivity index (χ1n) is 9.87. The van der Waals surface area contributed by atoms with Crippen molar-refractivity contribution in [1.82, 2.24) is 9.97 Å². The molecule has 6 heteroatoms. The Bertz CT molecular complexity index is 1030.